The Kier molecular flexibility index (Phi) is 3.35. The third-order valence-corrected chi connectivity index (χ3v) is 3.86. The van der Waals surface area contributed by atoms with E-state index < -0.39 is 0 Å². The number of para-hydroxylation sites is 1. The van der Waals surface area contributed by atoms with Gasteiger partial charge in [-0.05, 0) is 23.6 Å². The molecule has 0 fully saturated rings. The van der Waals surface area contributed by atoms with Gasteiger partial charge in [-0.3, -0.25) is 4.79 Å². The molecule has 5 heteroatoms. The van der Waals surface area contributed by atoms with Crippen LogP contribution in [0, 0.1) is 0 Å². The maximum atomic E-state index is 11.3. The maximum Gasteiger partial charge on any atom is 0.153 e. The zero-order chi connectivity index (χ0) is 13.9. The van der Waals surface area contributed by atoms with Gasteiger partial charge in [-0.15, -0.1) is 11.3 Å². The standard InChI is InChI=1S/C15H12N2O2S/c1-19-13-7-8-20-15(13)14-11(10-18)9-17(16-14)12-5-3-2-4-6-12/h2-10H,1H3. The molecule has 0 aliphatic carbocycles. The molecule has 2 aromatic heterocycles. The molecular formula is C15H12N2O2S. The first kappa shape index (κ1) is 12.6. The Bertz CT molecular complexity index is 731. The first-order chi connectivity index (χ1) is 9.83. The van der Waals surface area contributed by atoms with Crippen molar-refractivity contribution in [2.75, 3.05) is 7.11 Å². The monoisotopic (exact) mass is 284 g/mol. The van der Waals surface area contributed by atoms with Crippen LogP contribution in [0.4, 0.5) is 0 Å². The number of nitrogens with zero attached hydrogens (tertiary/aromatic N) is 2. The van der Waals surface area contributed by atoms with E-state index in [9.17, 15) is 4.79 Å². The summed E-state index contributed by atoms with van der Waals surface area (Å²) in [5.41, 5.74) is 2.11. The lowest BCUT2D eigenvalue weighted by Gasteiger charge is -2.01. The van der Waals surface area contributed by atoms with Gasteiger partial charge in [0.25, 0.3) is 0 Å². The van der Waals surface area contributed by atoms with E-state index in [0.717, 1.165) is 22.6 Å². The van der Waals surface area contributed by atoms with Crippen LogP contribution >= 0.6 is 11.3 Å². The number of aldehydes is 1. The van der Waals surface area contributed by atoms with Gasteiger partial charge in [0, 0.05) is 6.20 Å². The molecule has 1 aromatic carbocycles. The van der Waals surface area contributed by atoms with Crippen molar-refractivity contribution in [2.45, 2.75) is 0 Å². The van der Waals surface area contributed by atoms with Gasteiger partial charge in [0.15, 0.2) is 6.29 Å². The minimum Gasteiger partial charge on any atom is -0.495 e. The molecule has 0 radical (unpaired) electrons. The van der Waals surface area contributed by atoms with E-state index in [1.165, 1.54) is 11.3 Å². The Morgan fingerprint density at radius 2 is 2.05 bits per heavy atom. The Labute approximate surface area is 120 Å². The summed E-state index contributed by atoms with van der Waals surface area (Å²) >= 11 is 1.51. The van der Waals surface area contributed by atoms with Crippen LogP contribution in [0.2, 0.25) is 0 Å². The molecule has 2 heterocycles. The van der Waals surface area contributed by atoms with Crippen LogP contribution in [0.1, 0.15) is 10.4 Å². The number of hydrogen-bond donors (Lipinski definition) is 0. The van der Waals surface area contributed by atoms with Gasteiger partial charge < -0.3 is 4.74 Å². The van der Waals surface area contributed by atoms with Gasteiger partial charge in [0.05, 0.1) is 23.2 Å². The van der Waals surface area contributed by atoms with Crippen LogP contribution in [0.15, 0.2) is 48.0 Å². The molecule has 0 bridgehead atoms. The maximum absolute atomic E-state index is 11.3. The van der Waals surface area contributed by atoms with Gasteiger partial charge in [-0.25, -0.2) is 4.68 Å². The van der Waals surface area contributed by atoms with Crippen LogP contribution in [-0.2, 0) is 0 Å². The van der Waals surface area contributed by atoms with Crippen molar-refractivity contribution in [1.29, 1.82) is 0 Å². The molecule has 100 valence electrons. The van der Waals surface area contributed by atoms with Crippen molar-refractivity contribution in [3.8, 4) is 22.0 Å². The number of rotatable bonds is 4. The highest BCUT2D eigenvalue weighted by Gasteiger charge is 2.16. The third-order valence-electron chi connectivity index (χ3n) is 2.95. The summed E-state index contributed by atoms with van der Waals surface area (Å²) in [7, 11) is 1.61. The number of carbonyl (C=O) groups is 1. The highest BCUT2D eigenvalue weighted by Crippen LogP contribution is 2.36. The predicted molar refractivity (Wildman–Crippen MR) is 78.8 cm³/mol. The smallest absolute Gasteiger partial charge is 0.153 e. The second-order valence-corrected chi connectivity index (χ2v) is 5.07. The van der Waals surface area contributed by atoms with Gasteiger partial charge in [-0.2, -0.15) is 5.10 Å². The SMILES string of the molecule is COc1ccsc1-c1nn(-c2ccccc2)cc1C=O. The number of thiophene rings is 1. The molecule has 0 aliphatic rings. The Hall–Kier alpha value is -2.40. The summed E-state index contributed by atoms with van der Waals surface area (Å²) in [5, 5.41) is 6.44. The van der Waals surface area contributed by atoms with Gasteiger partial charge in [0.2, 0.25) is 0 Å². The van der Waals surface area contributed by atoms with Crippen LogP contribution in [0.25, 0.3) is 16.3 Å². The lowest BCUT2D eigenvalue weighted by Crippen LogP contribution is -1.94. The zero-order valence-corrected chi connectivity index (χ0v) is 11.6. The van der Waals surface area contributed by atoms with Crippen molar-refractivity contribution in [1.82, 2.24) is 9.78 Å². The van der Waals surface area contributed by atoms with E-state index in [2.05, 4.69) is 5.10 Å². The fraction of sp³-hybridized carbons (Fsp3) is 0.0667. The Balaban J connectivity index is 2.13. The molecule has 20 heavy (non-hydrogen) atoms. The molecule has 4 nitrogen and oxygen atoms in total. The summed E-state index contributed by atoms with van der Waals surface area (Å²) < 4.78 is 7.01. The molecule has 0 spiro atoms. The topological polar surface area (TPSA) is 44.1 Å². The molecule has 0 unspecified atom stereocenters. The summed E-state index contributed by atoms with van der Waals surface area (Å²) in [6.45, 7) is 0. The van der Waals surface area contributed by atoms with Crippen molar-refractivity contribution < 1.29 is 9.53 Å². The summed E-state index contributed by atoms with van der Waals surface area (Å²) in [5.74, 6) is 0.733. The average molecular weight is 284 g/mol. The van der Waals surface area contributed by atoms with Gasteiger partial charge in [-0.1, -0.05) is 18.2 Å². The molecule has 0 saturated heterocycles. The highest BCUT2D eigenvalue weighted by molar-refractivity contribution is 7.14. The number of methoxy groups -OCH3 is 1. The lowest BCUT2D eigenvalue weighted by atomic mass is 10.2. The molecular weight excluding hydrogens is 272 g/mol. The third kappa shape index (κ3) is 2.12. The van der Waals surface area contributed by atoms with E-state index >= 15 is 0 Å². The van der Waals surface area contributed by atoms with E-state index in [0.29, 0.717) is 11.3 Å². The van der Waals surface area contributed by atoms with E-state index in [1.807, 2.05) is 41.8 Å². The fourth-order valence-electron chi connectivity index (χ4n) is 1.99. The predicted octanol–water partition coefficient (Wildman–Crippen LogP) is 3.42. The second kappa shape index (κ2) is 5.30. The molecule has 0 amide bonds. The zero-order valence-electron chi connectivity index (χ0n) is 10.8. The van der Waals surface area contributed by atoms with Crippen LogP contribution in [-0.4, -0.2) is 23.2 Å². The molecule has 0 N–H and O–H groups in total. The van der Waals surface area contributed by atoms with Gasteiger partial charge in [0.1, 0.15) is 11.4 Å². The van der Waals surface area contributed by atoms with E-state index in [4.69, 9.17) is 4.74 Å². The average Bonchev–Trinajstić information content (AvgIpc) is 3.13. The highest BCUT2D eigenvalue weighted by atomic mass is 32.1. The minimum atomic E-state index is 0.551. The van der Waals surface area contributed by atoms with Crippen molar-refractivity contribution >= 4 is 17.6 Å². The van der Waals surface area contributed by atoms with Crippen molar-refractivity contribution in [3.63, 3.8) is 0 Å². The van der Waals surface area contributed by atoms with Crippen LogP contribution < -0.4 is 4.74 Å². The molecule has 3 aromatic rings. The van der Waals surface area contributed by atoms with Crippen molar-refractivity contribution in [2.24, 2.45) is 0 Å². The minimum absolute atomic E-state index is 0.551. The van der Waals surface area contributed by atoms with Crippen LogP contribution in [0.3, 0.4) is 0 Å². The first-order valence-electron chi connectivity index (χ1n) is 6.05. The number of carbonyl (C=O) groups excluding carboxylic acids is 1. The molecule has 3 rings (SSSR count). The Morgan fingerprint density at radius 1 is 1.25 bits per heavy atom. The summed E-state index contributed by atoms with van der Waals surface area (Å²) in [4.78, 5) is 12.1. The van der Waals surface area contributed by atoms with Crippen LogP contribution in [0.5, 0.6) is 5.75 Å². The molecule has 0 saturated carbocycles. The lowest BCUT2D eigenvalue weighted by molar-refractivity contribution is 0.112. The Morgan fingerprint density at radius 3 is 2.75 bits per heavy atom. The number of ether oxygens (including phenoxy) is 1. The first-order valence-corrected chi connectivity index (χ1v) is 6.93. The van der Waals surface area contributed by atoms with Crippen molar-refractivity contribution in [3.05, 3.63) is 53.5 Å². The second-order valence-electron chi connectivity index (χ2n) is 4.15. The largest absolute Gasteiger partial charge is 0.495 e. The van der Waals surface area contributed by atoms with E-state index in [1.54, 1.807) is 18.0 Å². The number of benzene rings is 1. The van der Waals surface area contributed by atoms with E-state index in [-0.39, 0.29) is 0 Å². The number of aromatic nitrogens is 2. The molecule has 0 aliphatic heterocycles. The summed E-state index contributed by atoms with van der Waals surface area (Å²) in [6, 6.07) is 11.6. The normalized spacial score (nSPS) is 10.4. The fourth-order valence-corrected chi connectivity index (χ4v) is 2.86. The number of hydrogen-bond acceptors (Lipinski definition) is 4. The quantitative estimate of drug-likeness (QED) is 0.689. The van der Waals surface area contributed by atoms with Gasteiger partial charge >= 0.3 is 0 Å². The molecule has 0 atom stereocenters. The summed E-state index contributed by atoms with van der Waals surface area (Å²) in [6.07, 6.45) is 2.55.